The molecule has 0 saturated heterocycles. The van der Waals surface area contributed by atoms with E-state index in [0.717, 1.165) is 11.1 Å². The number of anilines is 1. The lowest BCUT2D eigenvalue weighted by atomic mass is 10.1. The van der Waals surface area contributed by atoms with Crippen LogP contribution in [-0.2, 0) is 24.4 Å². The van der Waals surface area contributed by atoms with Crippen LogP contribution in [0.1, 0.15) is 23.6 Å². The van der Waals surface area contributed by atoms with Gasteiger partial charge in [-0.3, -0.25) is 9.48 Å². The van der Waals surface area contributed by atoms with Gasteiger partial charge in [0.1, 0.15) is 12.4 Å². The van der Waals surface area contributed by atoms with Crippen LogP contribution in [0.2, 0.25) is 0 Å². The molecule has 0 spiro atoms. The fourth-order valence-electron chi connectivity index (χ4n) is 2.93. The van der Waals surface area contributed by atoms with Gasteiger partial charge in [-0.25, -0.2) is 9.38 Å². The van der Waals surface area contributed by atoms with E-state index in [0.29, 0.717) is 36.8 Å². The van der Waals surface area contributed by atoms with Crippen LogP contribution in [0.5, 0.6) is 0 Å². The Hall–Kier alpha value is -2.95. The molecule has 0 radical (unpaired) electrons. The van der Waals surface area contributed by atoms with Crippen molar-refractivity contribution < 1.29 is 9.18 Å². The maximum atomic E-state index is 13.7. The molecular formula is C23H28FIN6O. The largest absolute Gasteiger partial charge is 0.357 e. The Labute approximate surface area is 204 Å². The lowest BCUT2D eigenvalue weighted by Gasteiger charge is -2.12. The van der Waals surface area contributed by atoms with E-state index in [4.69, 9.17) is 0 Å². The second-order valence-electron chi connectivity index (χ2n) is 7.08. The molecule has 1 amide bonds. The molecule has 0 aliphatic carbocycles. The molecule has 0 bridgehead atoms. The van der Waals surface area contributed by atoms with Gasteiger partial charge in [-0.15, -0.1) is 24.0 Å². The maximum Gasteiger partial charge on any atom is 0.246 e. The Morgan fingerprint density at radius 2 is 1.97 bits per heavy atom. The van der Waals surface area contributed by atoms with Crippen molar-refractivity contribution in [3.05, 3.63) is 83.4 Å². The lowest BCUT2D eigenvalue weighted by molar-refractivity contribution is -0.116. The number of aromatic nitrogens is 2. The number of hydrogen-bond acceptors (Lipinski definition) is 3. The second kappa shape index (κ2) is 12.8. The molecule has 0 aliphatic heterocycles. The summed E-state index contributed by atoms with van der Waals surface area (Å²) in [6, 6.07) is 14.5. The van der Waals surface area contributed by atoms with E-state index in [1.54, 1.807) is 36.1 Å². The van der Waals surface area contributed by atoms with E-state index in [1.165, 1.54) is 6.07 Å². The normalized spacial score (nSPS) is 10.9. The first-order valence-corrected chi connectivity index (χ1v) is 10.2. The summed E-state index contributed by atoms with van der Waals surface area (Å²) >= 11 is 0. The molecule has 170 valence electrons. The summed E-state index contributed by atoms with van der Waals surface area (Å²) in [6.07, 6.45) is 3.38. The monoisotopic (exact) mass is 550 g/mol. The van der Waals surface area contributed by atoms with Crippen molar-refractivity contribution in [2.45, 2.75) is 33.5 Å². The minimum absolute atomic E-state index is 0. The highest BCUT2D eigenvalue weighted by atomic mass is 127. The van der Waals surface area contributed by atoms with Crippen LogP contribution in [0.15, 0.2) is 65.9 Å². The van der Waals surface area contributed by atoms with Gasteiger partial charge in [-0.1, -0.05) is 24.3 Å². The molecular weight excluding hydrogens is 522 g/mol. The molecule has 0 fully saturated rings. The quantitative estimate of drug-likeness (QED) is 0.226. The number of hydrogen-bond donors (Lipinski definition) is 3. The van der Waals surface area contributed by atoms with Gasteiger partial charge in [0.2, 0.25) is 5.91 Å². The minimum Gasteiger partial charge on any atom is -0.357 e. The SMILES string of the molecule is CCNC(=NCc1cccc(NC(=O)Cn2cccn2)c1)NCc1ccc(C)c(F)c1.I. The average Bonchev–Trinajstić information content (AvgIpc) is 3.25. The highest BCUT2D eigenvalue weighted by Gasteiger charge is 2.05. The fraction of sp³-hybridized carbons (Fsp3) is 0.261. The number of benzene rings is 2. The van der Waals surface area contributed by atoms with Crippen molar-refractivity contribution in [2.75, 3.05) is 11.9 Å². The van der Waals surface area contributed by atoms with E-state index in [2.05, 4.69) is 26.0 Å². The summed E-state index contributed by atoms with van der Waals surface area (Å²) in [7, 11) is 0. The van der Waals surface area contributed by atoms with Crippen molar-refractivity contribution >= 4 is 41.5 Å². The molecule has 0 saturated carbocycles. The van der Waals surface area contributed by atoms with Gasteiger partial charge in [0, 0.05) is 31.2 Å². The summed E-state index contributed by atoms with van der Waals surface area (Å²) in [5, 5.41) is 13.3. The number of guanidine groups is 1. The van der Waals surface area contributed by atoms with Crippen molar-refractivity contribution in [1.82, 2.24) is 20.4 Å². The number of aryl methyl sites for hydroxylation is 1. The van der Waals surface area contributed by atoms with E-state index in [1.807, 2.05) is 37.3 Å². The van der Waals surface area contributed by atoms with Crippen molar-refractivity contribution in [1.29, 1.82) is 0 Å². The van der Waals surface area contributed by atoms with Gasteiger partial charge < -0.3 is 16.0 Å². The number of carbonyl (C=O) groups is 1. The smallest absolute Gasteiger partial charge is 0.246 e. The molecule has 0 unspecified atom stereocenters. The van der Waals surface area contributed by atoms with Crippen LogP contribution < -0.4 is 16.0 Å². The van der Waals surface area contributed by atoms with Gasteiger partial charge in [-0.05, 0) is 54.8 Å². The Bertz CT molecular complexity index is 1040. The van der Waals surface area contributed by atoms with E-state index < -0.39 is 0 Å². The number of aliphatic imine (C=N–C) groups is 1. The number of amides is 1. The minimum atomic E-state index is -0.215. The van der Waals surface area contributed by atoms with Crippen LogP contribution in [0.3, 0.4) is 0 Å². The van der Waals surface area contributed by atoms with Crippen molar-refractivity contribution in [2.24, 2.45) is 4.99 Å². The van der Waals surface area contributed by atoms with Gasteiger partial charge in [0.25, 0.3) is 0 Å². The Kier molecular flexibility index (Phi) is 10.1. The molecule has 0 atom stereocenters. The van der Waals surface area contributed by atoms with E-state index >= 15 is 0 Å². The number of nitrogens with zero attached hydrogens (tertiary/aromatic N) is 3. The predicted molar refractivity (Wildman–Crippen MR) is 136 cm³/mol. The molecule has 9 heteroatoms. The molecule has 3 aromatic rings. The van der Waals surface area contributed by atoms with Gasteiger partial charge in [0.05, 0.1) is 6.54 Å². The summed E-state index contributed by atoms with van der Waals surface area (Å²) in [6.45, 7) is 5.48. The molecule has 7 nitrogen and oxygen atoms in total. The molecule has 1 aromatic heterocycles. The van der Waals surface area contributed by atoms with E-state index in [-0.39, 0.29) is 42.2 Å². The van der Waals surface area contributed by atoms with Crippen molar-refractivity contribution in [3.63, 3.8) is 0 Å². The summed E-state index contributed by atoms with van der Waals surface area (Å²) in [5.74, 6) is 0.272. The number of halogens is 2. The first kappa shape index (κ1) is 25.3. The Morgan fingerprint density at radius 1 is 1.12 bits per heavy atom. The van der Waals surface area contributed by atoms with Gasteiger partial charge in [0.15, 0.2) is 5.96 Å². The van der Waals surface area contributed by atoms with E-state index in [9.17, 15) is 9.18 Å². The number of rotatable bonds is 8. The van der Waals surface area contributed by atoms with Crippen LogP contribution >= 0.6 is 24.0 Å². The molecule has 2 aromatic carbocycles. The third-order valence-corrected chi connectivity index (χ3v) is 4.54. The lowest BCUT2D eigenvalue weighted by Crippen LogP contribution is -2.36. The zero-order valence-electron chi connectivity index (χ0n) is 18.1. The van der Waals surface area contributed by atoms with Crippen LogP contribution in [0.4, 0.5) is 10.1 Å². The zero-order valence-corrected chi connectivity index (χ0v) is 20.5. The first-order valence-electron chi connectivity index (χ1n) is 10.2. The molecule has 32 heavy (non-hydrogen) atoms. The second-order valence-corrected chi connectivity index (χ2v) is 7.08. The van der Waals surface area contributed by atoms with Crippen LogP contribution in [0.25, 0.3) is 0 Å². The van der Waals surface area contributed by atoms with Gasteiger partial charge in [-0.2, -0.15) is 5.10 Å². The molecule has 0 aliphatic rings. The predicted octanol–water partition coefficient (Wildman–Crippen LogP) is 3.84. The third-order valence-electron chi connectivity index (χ3n) is 4.54. The number of carbonyl (C=O) groups excluding carboxylic acids is 1. The van der Waals surface area contributed by atoms with Gasteiger partial charge >= 0.3 is 0 Å². The third kappa shape index (κ3) is 7.95. The number of nitrogens with one attached hydrogen (secondary N) is 3. The Morgan fingerprint density at radius 3 is 2.69 bits per heavy atom. The zero-order chi connectivity index (χ0) is 22.1. The summed E-state index contributed by atoms with van der Waals surface area (Å²) in [4.78, 5) is 16.8. The van der Waals surface area contributed by atoms with Crippen molar-refractivity contribution in [3.8, 4) is 0 Å². The molecule has 1 heterocycles. The fourth-order valence-corrected chi connectivity index (χ4v) is 2.93. The Balaban J connectivity index is 0.00000363. The summed E-state index contributed by atoms with van der Waals surface area (Å²) in [5.41, 5.74) is 3.13. The first-order chi connectivity index (χ1) is 15.0. The topological polar surface area (TPSA) is 83.3 Å². The molecule has 3 rings (SSSR count). The standard InChI is InChI=1S/C23H27FN6O.HI/c1-3-25-23(27-15-19-9-8-17(2)21(24)13-19)26-14-18-6-4-7-20(12-18)29-22(31)16-30-11-5-10-28-30;/h4-13H,3,14-16H2,1-2H3,(H,29,31)(H2,25,26,27);1H. The average molecular weight is 550 g/mol. The molecule has 3 N–H and O–H groups in total. The highest BCUT2D eigenvalue weighted by Crippen LogP contribution is 2.12. The highest BCUT2D eigenvalue weighted by molar-refractivity contribution is 14.0. The maximum absolute atomic E-state index is 13.7. The van der Waals surface area contributed by atoms with Crippen LogP contribution in [0, 0.1) is 12.7 Å². The summed E-state index contributed by atoms with van der Waals surface area (Å²) < 4.78 is 15.3. The van der Waals surface area contributed by atoms with Crippen LogP contribution in [-0.4, -0.2) is 28.2 Å².